The van der Waals surface area contributed by atoms with Crippen molar-refractivity contribution in [1.82, 2.24) is 10.6 Å². The number of rotatable bonds is 4. The van der Waals surface area contributed by atoms with Gasteiger partial charge in [0.25, 0.3) is 0 Å². The maximum Gasteiger partial charge on any atom is 0.237 e. The summed E-state index contributed by atoms with van der Waals surface area (Å²) >= 11 is 0. The van der Waals surface area contributed by atoms with Crippen LogP contribution in [0, 0.1) is 0 Å². The average Bonchev–Trinajstić information content (AvgIpc) is 2.55. The number of ether oxygens (including phenoxy) is 1. The fourth-order valence-corrected chi connectivity index (χ4v) is 3.37. The third kappa shape index (κ3) is 3.82. The van der Waals surface area contributed by atoms with Gasteiger partial charge < -0.3 is 20.7 Å². The van der Waals surface area contributed by atoms with Crippen LogP contribution in [0.25, 0.3) is 0 Å². The number of nitrogens with one attached hydrogen (secondary N) is 3. The number of carbonyl (C=O) groups excluding carboxylic acids is 2. The summed E-state index contributed by atoms with van der Waals surface area (Å²) in [6.45, 7) is 0. The highest BCUT2D eigenvalue weighted by Gasteiger charge is 2.36. The van der Waals surface area contributed by atoms with Crippen LogP contribution in [-0.2, 0) is 9.59 Å². The standard InChI is InChI=1S/C17H23N3O3/c1-23-12-6-4-5-11(9-12)18-16(21)10-15-17(22)20-14-8-3-2-7-13(14)19-15/h4-6,9,13-15,19H,2-3,7-8,10H2,1H3,(H,18,21)(H,20,22)/t13-,14-,15-/m0/s1. The van der Waals surface area contributed by atoms with Crippen LogP contribution in [0.15, 0.2) is 24.3 Å². The number of hydrogen-bond donors (Lipinski definition) is 3. The third-order valence-electron chi connectivity index (χ3n) is 4.57. The molecule has 3 rings (SSSR count). The summed E-state index contributed by atoms with van der Waals surface area (Å²) in [6, 6.07) is 7.22. The Hall–Kier alpha value is -2.08. The maximum absolute atomic E-state index is 12.2. The molecular formula is C17H23N3O3. The van der Waals surface area contributed by atoms with E-state index >= 15 is 0 Å². The normalized spacial score (nSPS) is 26.8. The number of benzene rings is 1. The molecule has 1 saturated carbocycles. The minimum atomic E-state index is -0.458. The van der Waals surface area contributed by atoms with E-state index in [4.69, 9.17) is 4.74 Å². The summed E-state index contributed by atoms with van der Waals surface area (Å²) in [4.78, 5) is 24.4. The van der Waals surface area contributed by atoms with Crippen molar-refractivity contribution in [1.29, 1.82) is 0 Å². The quantitative estimate of drug-likeness (QED) is 0.785. The molecule has 6 heteroatoms. The van der Waals surface area contributed by atoms with Gasteiger partial charge in [-0.2, -0.15) is 0 Å². The van der Waals surface area contributed by atoms with Crippen molar-refractivity contribution >= 4 is 17.5 Å². The Balaban J connectivity index is 1.57. The molecule has 1 heterocycles. The number of amides is 2. The summed E-state index contributed by atoms with van der Waals surface area (Å²) in [7, 11) is 1.58. The molecule has 124 valence electrons. The molecule has 0 bridgehead atoms. The van der Waals surface area contributed by atoms with Crippen LogP contribution in [0.2, 0.25) is 0 Å². The zero-order chi connectivity index (χ0) is 16.2. The highest BCUT2D eigenvalue weighted by atomic mass is 16.5. The van der Waals surface area contributed by atoms with Crippen LogP contribution in [0.4, 0.5) is 5.69 Å². The van der Waals surface area contributed by atoms with Gasteiger partial charge in [0.05, 0.1) is 19.6 Å². The lowest BCUT2D eigenvalue weighted by Crippen LogP contribution is -2.65. The predicted octanol–water partition coefficient (Wildman–Crippen LogP) is 1.42. The highest BCUT2D eigenvalue weighted by Crippen LogP contribution is 2.22. The van der Waals surface area contributed by atoms with Crippen LogP contribution in [-0.4, -0.2) is 37.0 Å². The summed E-state index contributed by atoms with van der Waals surface area (Å²) in [5, 5.41) is 9.22. The second kappa shape index (κ2) is 7.00. The minimum Gasteiger partial charge on any atom is -0.497 e. The van der Waals surface area contributed by atoms with Crippen molar-refractivity contribution in [3.05, 3.63) is 24.3 Å². The maximum atomic E-state index is 12.2. The molecule has 3 N–H and O–H groups in total. The van der Waals surface area contributed by atoms with Crippen molar-refractivity contribution in [3.8, 4) is 5.75 Å². The molecule has 6 nitrogen and oxygen atoms in total. The molecule has 1 saturated heterocycles. The first-order chi connectivity index (χ1) is 11.2. The van der Waals surface area contributed by atoms with Gasteiger partial charge in [-0.1, -0.05) is 18.9 Å². The monoisotopic (exact) mass is 317 g/mol. The van der Waals surface area contributed by atoms with Gasteiger partial charge in [0.15, 0.2) is 0 Å². The van der Waals surface area contributed by atoms with Crippen molar-refractivity contribution in [2.24, 2.45) is 0 Å². The highest BCUT2D eigenvalue weighted by molar-refractivity contribution is 5.95. The number of methoxy groups -OCH3 is 1. The Morgan fingerprint density at radius 3 is 2.87 bits per heavy atom. The largest absolute Gasteiger partial charge is 0.497 e. The van der Waals surface area contributed by atoms with Crippen LogP contribution in [0.1, 0.15) is 32.1 Å². The van der Waals surface area contributed by atoms with Crippen molar-refractivity contribution in [3.63, 3.8) is 0 Å². The number of anilines is 1. The Morgan fingerprint density at radius 1 is 1.30 bits per heavy atom. The zero-order valence-corrected chi connectivity index (χ0v) is 13.3. The van der Waals surface area contributed by atoms with Gasteiger partial charge in [0.1, 0.15) is 5.75 Å². The van der Waals surface area contributed by atoms with E-state index in [-0.39, 0.29) is 30.3 Å². The molecule has 2 aliphatic rings. The topological polar surface area (TPSA) is 79.5 Å². The van der Waals surface area contributed by atoms with E-state index in [9.17, 15) is 9.59 Å². The number of fused-ring (bicyclic) bond motifs is 1. The molecule has 1 aromatic carbocycles. The molecule has 0 aromatic heterocycles. The first kappa shape index (κ1) is 15.8. The van der Waals surface area contributed by atoms with E-state index in [1.54, 1.807) is 19.2 Å². The lowest BCUT2D eigenvalue weighted by Gasteiger charge is -2.40. The number of hydrogen-bond acceptors (Lipinski definition) is 4. The molecule has 2 amide bonds. The van der Waals surface area contributed by atoms with Gasteiger partial charge in [0.2, 0.25) is 11.8 Å². The van der Waals surface area contributed by atoms with Crippen molar-refractivity contribution < 1.29 is 14.3 Å². The molecule has 0 radical (unpaired) electrons. The van der Waals surface area contributed by atoms with Crippen LogP contribution in [0.5, 0.6) is 5.75 Å². The molecule has 2 fully saturated rings. The molecule has 3 atom stereocenters. The van der Waals surface area contributed by atoms with Crippen molar-refractivity contribution in [2.75, 3.05) is 12.4 Å². The lowest BCUT2D eigenvalue weighted by atomic mass is 9.87. The summed E-state index contributed by atoms with van der Waals surface area (Å²) in [5.41, 5.74) is 0.668. The Kier molecular flexibility index (Phi) is 4.81. The minimum absolute atomic E-state index is 0.0751. The predicted molar refractivity (Wildman–Crippen MR) is 87.4 cm³/mol. The summed E-state index contributed by atoms with van der Waals surface area (Å²) < 4.78 is 5.13. The van der Waals surface area contributed by atoms with E-state index in [1.807, 2.05) is 12.1 Å². The Bertz CT molecular complexity index is 590. The van der Waals surface area contributed by atoms with E-state index in [0.29, 0.717) is 11.4 Å². The van der Waals surface area contributed by atoms with E-state index in [0.717, 1.165) is 19.3 Å². The zero-order valence-electron chi connectivity index (χ0n) is 13.3. The average molecular weight is 317 g/mol. The van der Waals surface area contributed by atoms with Crippen LogP contribution < -0.4 is 20.7 Å². The van der Waals surface area contributed by atoms with Gasteiger partial charge in [0, 0.05) is 23.8 Å². The summed E-state index contributed by atoms with van der Waals surface area (Å²) in [6.07, 6.45) is 4.54. The molecule has 1 aromatic rings. The van der Waals surface area contributed by atoms with Gasteiger partial charge in [-0.3, -0.25) is 9.59 Å². The van der Waals surface area contributed by atoms with E-state index in [1.165, 1.54) is 6.42 Å². The Labute approximate surface area is 136 Å². The first-order valence-electron chi connectivity index (χ1n) is 8.16. The van der Waals surface area contributed by atoms with Gasteiger partial charge >= 0.3 is 0 Å². The molecule has 1 aliphatic heterocycles. The molecule has 1 aliphatic carbocycles. The second-order valence-electron chi connectivity index (χ2n) is 6.21. The van der Waals surface area contributed by atoms with Crippen molar-refractivity contribution in [2.45, 2.75) is 50.2 Å². The van der Waals surface area contributed by atoms with Gasteiger partial charge in [-0.15, -0.1) is 0 Å². The van der Waals surface area contributed by atoms with E-state index < -0.39 is 6.04 Å². The fourth-order valence-electron chi connectivity index (χ4n) is 3.37. The lowest BCUT2D eigenvalue weighted by molar-refractivity contribution is -0.129. The van der Waals surface area contributed by atoms with Gasteiger partial charge in [-0.25, -0.2) is 0 Å². The fraction of sp³-hybridized carbons (Fsp3) is 0.529. The third-order valence-corrected chi connectivity index (χ3v) is 4.57. The molecule has 23 heavy (non-hydrogen) atoms. The second-order valence-corrected chi connectivity index (χ2v) is 6.21. The van der Waals surface area contributed by atoms with Crippen LogP contribution >= 0.6 is 0 Å². The number of piperazine rings is 1. The van der Waals surface area contributed by atoms with Gasteiger partial charge in [-0.05, 0) is 25.0 Å². The first-order valence-corrected chi connectivity index (χ1v) is 8.16. The Morgan fingerprint density at radius 2 is 2.09 bits per heavy atom. The SMILES string of the molecule is COc1cccc(NC(=O)C[C@@H]2N[C@H]3CCCC[C@@H]3NC2=O)c1. The molecular weight excluding hydrogens is 294 g/mol. The molecule has 0 spiro atoms. The summed E-state index contributed by atoms with van der Waals surface area (Å²) in [5.74, 6) is 0.426. The number of carbonyl (C=O) groups is 2. The van der Waals surface area contributed by atoms with E-state index in [2.05, 4.69) is 16.0 Å². The smallest absolute Gasteiger partial charge is 0.237 e. The molecule has 0 unspecified atom stereocenters. The van der Waals surface area contributed by atoms with Crippen LogP contribution in [0.3, 0.4) is 0 Å².